The molecular formula is C19H15N7O. The first-order chi connectivity index (χ1) is 13.2. The number of aryl methyl sites for hydroxylation is 1. The van der Waals surface area contributed by atoms with Crippen molar-refractivity contribution in [3.05, 3.63) is 78.6 Å². The normalized spacial score (nSPS) is 10.6. The van der Waals surface area contributed by atoms with Crippen molar-refractivity contribution >= 4 is 11.7 Å². The van der Waals surface area contributed by atoms with Gasteiger partial charge in [0.05, 0.1) is 18.1 Å². The average molecular weight is 357 g/mol. The first-order valence-electron chi connectivity index (χ1n) is 8.23. The summed E-state index contributed by atoms with van der Waals surface area (Å²) in [5.41, 5.74) is 2.70. The van der Waals surface area contributed by atoms with E-state index in [9.17, 15) is 4.79 Å². The number of carbonyl (C=O) groups excluding carboxylic acids is 1. The van der Waals surface area contributed by atoms with Crippen LogP contribution in [-0.2, 0) is 0 Å². The van der Waals surface area contributed by atoms with Crippen molar-refractivity contribution in [2.45, 2.75) is 6.92 Å². The van der Waals surface area contributed by atoms with Crippen LogP contribution in [0.5, 0.6) is 0 Å². The highest BCUT2D eigenvalue weighted by molar-refractivity contribution is 6.02. The van der Waals surface area contributed by atoms with Gasteiger partial charge in [-0.1, -0.05) is 6.07 Å². The molecule has 0 aliphatic carbocycles. The number of amides is 1. The number of nitrogens with zero attached hydrogens (tertiary/aromatic N) is 6. The van der Waals surface area contributed by atoms with Gasteiger partial charge in [0.2, 0.25) is 0 Å². The van der Waals surface area contributed by atoms with Crippen molar-refractivity contribution in [1.82, 2.24) is 29.7 Å². The molecule has 4 rings (SSSR count). The fraction of sp³-hybridized carbons (Fsp3) is 0.0526. The second kappa shape index (κ2) is 7.12. The van der Waals surface area contributed by atoms with Gasteiger partial charge in [-0.3, -0.25) is 14.8 Å². The fourth-order valence-corrected chi connectivity index (χ4v) is 2.60. The van der Waals surface area contributed by atoms with Crippen LogP contribution in [0.15, 0.2) is 67.4 Å². The number of aromatic nitrogens is 6. The topological polar surface area (TPSA) is 98.5 Å². The molecule has 0 unspecified atom stereocenters. The number of anilines is 1. The molecule has 1 N–H and O–H groups in total. The predicted octanol–water partition coefficient (Wildman–Crippen LogP) is 2.68. The van der Waals surface area contributed by atoms with E-state index in [-0.39, 0.29) is 5.91 Å². The number of rotatable bonds is 4. The summed E-state index contributed by atoms with van der Waals surface area (Å²) in [5, 5.41) is 6.98. The third kappa shape index (κ3) is 3.40. The van der Waals surface area contributed by atoms with Gasteiger partial charge in [0.1, 0.15) is 17.2 Å². The summed E-state index contributed by atoms with van der Waals surface area (Å²) in [6.07, 6.45) is 8.13. The van der Waals surface area contributed by atoms with Gasteiger partial charge in [-0.15, -0.1) is 0 Å². The SMILES string of the molecule is Cc1cccnc1-c1nccc(NC(=O)c2ccnn2-c2cccnc2)n1. The van der Waals surface area contributed by atoms with E-state index in [0.717, 1.165) is 5.56 Å². The lowest BCUT2D eigenvalue weighted by atomic mass is 10.2. The Morgan fingerprint density at radius 3 is 2.70 bits per heavy atom. The Bertz CT molecular complexity index is 1090. The van der Waals surface area contributed by atoms with Crippen molar-refractivity contribution in [3.8, 4) is 17.2 Å². The predicted molar refractivity (Wildman–Crippen MR) is 99.3 cm³/mol. The minimum Gasteiger partial charge on any atom is -0.305 e. The van der Waals surface area contributed by atoms with E-state index in [0.29, 0.717) is 28.7 Å². The van der Waals surface area contributed by atoms with Crippen LogP contribution < -0.4 is 5.32 Å². The molecule has 4 aromatic rings. The lowest BCUT2D eigenvalue weighted by Crippen LogP contribution is -2.18. The molecule has 0 fully saturated rings. The lowest BCUT2D eigenvalue weighted by molar-refractivity contribution is 0.101. The summed E-state index contributed by atoms with van der Waals surface area (Å²) in [4.78, 5) is 29.8. The van der Waals surface area contributed by atoms with Crippen LogP contribution in [0.4, 0.5) is 5.82 Å². The number of carbonyl (C=O) groups is 1. The highest BCUT2D eigenvalue weighted by Gasteiger charge is 2.15. The highest BCUT2D eigenvalue weighted by Crippen LogP contribution is 2.18. The van der Waals surface area contributed by atoms with Crippen LogP contribution in [0.3, 0.4) is 0 Å². The van der Waals surface area contributed by atoms with Crippen molar-refractivity contribution in [2.24, 2.45) is 0 Å². The molecule has 0 aromatic carbocycles. The summed E-state index contributed by atoms with van der Waals surface area (Å²) in [7, 11) is 0. The van der Waals surface area contributed by atoms with Gasteiger partial charge in [0.25, 0.3) is 5.91 Å². The van der Waals surface area contributed by atoms with Crippen LogP contribution in [0.25, 0.3) is 17.2 Å². The largest absolute Gasteiger partial charge is 0.305 e. The van der Waals surface area contributed by atoms with Crippen LogP contribution >= 0.6 is 0 Å². The average Bonchev–Trinajstić information content (AvgIpc) is 3.19. The fourth-order valence-electron chi connectivity index (χ4n) is 2.60. The van der Waals surface area contributed by atoms with Crippen LogP contribution in [0, 0.1) is 6.92 Å². The maximum atomic E-state index is 12.7. The molecule has 0 spiro atoms. The Morgan fingerprint density at radius 1 is 1.00 bits per heavy atom. The maximum Gasteiger partial charge on any atom is 0.275 e. The minimum atomic E-state index is -0.334. The Morgan fingerprint density at radius 2 is 1.89 bits per heavy atom. The highest BCUT2D eigenvalue weighted by atomic mass is 16.2. The van der Waals surface area contributed by atoms with Crippen LogP contribution in [0.2, 0.25) is 0 Å². The van der Waals surface area contributed by atoms with E-state index in [1.807, 2.05) is 25.1 Å². The smallest absolute Gasteiger partial charge is 0.275 e. The van der Waals surface area contributed by atoms with E-state index in [4.69, 9.17) is 0 Å². The monoisotopic (exact) mass is 357 g/mol. The zero-order valence-corrected chi connectivity index (χ0v) is 14.4. The molecule has 0 saturated carbocycles. The minimum absolute atomic E-state index is 0.334. The summed E-state index contributed by atoms with van der Waals surface area (Å²) in [5.74, 6) is 0.499. The molecule has 132 valence electrons. The van der Waals surface area contributed by atoms with Gasteiger partial charge in [-0.2, -0.15) is 5.10 Å². The molecule has 8 nitrogen and oxygen atoms in total. The van der Waals surface area contributed by atoms with E-state index in [1.165, 1.54) is 4.68 Å². The van der Waals surface area contributed by atoms with Gasteiger partial charge in [-0.05, 0) is 42.8 Å². The molecule has 0 bridgehead atoms. The van der Waals surface area contributed by atoms with Gasteiger partial charge in [0, 0.05) is 18.6 Å². The molecular weight excluding hydrogens is 342 g/mol. The summed E-state index contributed by atoms with van der Waals surface area (Å²) < 4.78 is 1.52. The number of pyridine rings is 2. The van der Waals surface area contributed by atoms with E-state index in [1.54, 1.807) is 49.2 Å². The molecule has 0 aliphatic heterocycles. The zero-order chi connectivity index (χ0) is 18.6. The summed E-state index contributed by atoms with van der Waals surface area (Å²) in [6, 6.07) is 10.7. The molecule has 0 saturated heterocycles. The van der Waals surface area contributed by atoms with Gasteiger partial charge in [-0.25, -0.2) is 14.6 Å². The molecule has 4 aromatic heterocycles. The van der Waals surface area contributed by atoms with Crippen LogP contribution in [0.1, 0.15) is 16.1 Å². The molecule has 8 heteroatoms. The lowest BCUT2D eigenvalue weighted by Gasteiger charge is -2.09. The third-order valence-corrected chi connectivity index (χ3v) is 3.88. The zero-order valence-electron chi connectivity index (χ0n) is 14.4. The summed E-state index contributed by atoms with van der Waals surface area (Å²) in [6.45, 7) is 1.93. The molecule has 4 heterocycles. The first-order valence-corrected chi connectivity index (χ1v) is 8.23. The molecule has 0 aliphatic rings. The standard InChI is InChI=1S/C19H15N7O/c1-13-4-2-9-21-17(13)18-22-10-7-16(24-18)25-19(27)15-6-11-23-26(15)14-5-3-8-20-12-14/h2-12H,1H3,(H,22,24,25,27). The first kappa shape index (κ1) is 16.5. The van der Waals surface area contributed by atoms with E-state index in [2.05, 4.69) is 30.4 Å². The Kier molecular flexibility index (Phi) is 4.36. The second-order valence-corrected chi connectivity index (χ2v) is 5.73. The third-order valence-electron chi connectivity index (χ3n) is 3.88. The van der Waals surface area contributed by atoms with Crippen molar-refractivity contribution in [3.63, 3.8) is 0 Å². The number of hydrogen-bond donors (Lipinski definition) is 1. The maximum absolute atomic E-state index is 12.7. The van der Waals surface area contributed by atoms with Crippen molar-refractivity contribution < 1.29 is 4.79 Å². The summed E-state index contributed by atoms with van der Waals surface area (Å²) >= 11 is 0. The van der Waals surface area contributed by atoms with Crippen molar-refractivity contribution in [2.75, 3.05) is 5.32 Å². The molecule has 1 amide bonds. The Hall–Kier alpha value is -3.94. The molecule has 0 atom stereocenters. The number of nitrogens with one attached hydrogen (secondary N) is 1. The Labute approximate surface area is 155 Å². The molecule has 27 heavy (non-hydrogen) atoms. The second-order valence-electron chi connectivity index (χ2n) is 5.73. The van der Waals surface area contributed by atoms with E-state index >= 15 is 0 Å². The quantitative estimate of drug-likeness (QED) is 0.603. The Balaban J connectivity index is 1.61. The van der Waals surface area contributed by atoms with Crippen molar-refractivity contribution in [1.29, 1.82) is 0 Å². The van der Waals surface area contributed by atoms with Gasteiger partial charge < -0.3 is 5.32 Å². The van der Waals surface area contributed by atoms with Gasteiger partial charge >= 0.3 is 0 Å². The number of hydrogen-bond acceptors (Lipinski definition) is 6. The van der Waals surface area contributed by atoms with E-state index < -0.39 is 0 Å². The molecule has 0 radical (unpaired) electrons. The van der Waals surface area contributed by atoms with Gasteiger partial charge in [0.15, 0.2) is 5.82 Å². The van der Waals surface area contributed by atoms with Crippen LogP contribution in [-0.4, -0.2) is 35.6 Å².